The minimum Gasteiger partial charge on any atom is -0.490 e. The van der Waals surface area contributed by atoms with Gasteiger partial charge in [0, 0.05) is 42.9 Å². The molecule has 0 atom stereocenters. The van der Waals surface area contributed by atoms with Crippen LogP contribution in [-0.2, 0) is 9.59 Å². The average molecular weight is 416 g/mol. The third kappa shape index (κ3) is 4.56. The Kier molecular flexibility index (Phi) is 5.76. The summed E-state index contributed by atoms with van der Waals surface area (Å²) < 4.78 is 11.3. The predicted octanol–water partition coefficient (Wildman–Crippen LogP) is 3.68. The van der Waals surface area contributed by atoms with Gasteiger partial charge in [-0.1, -0.05) is 11.6 Å². The summed E-state index contributed by atoms with van der Waals surface area (Å²) in [5, 5.41) is 6.32. The molecule has 2 amide bonds. The van der Waals surface area contributed by atoms with E-state index in [1.165, 1.54) is 0 Å². The van der Waals surface area contributed by atoms with Crippen LogP contribution in [-0.4, -0.2) is 38.1 Å². The van der Waals surface area contributed by atoms with E-state index in [1.54, 1.807) is 29.2 Å². The van der Waals surface area contributed by atoms with Crippen molar-refractivity contribution in [1.29, 1.82) is 0 Å². The first-order valence-corrected chi connectivity index (χ1v) is 10.0. The Morgan fingerprint density at radius 2 is 1.79 bits per heavy atom. The molecule has 0 unspecified atom stereocenters. The molecule has 2 aliphatic rings. The fourth-order valence-corrected chi connectivity index (χ4v) is 3.57. The molecular weight excluding hydrogens is 394 g/mol. The van der Waals surface area contributed by atoms with E-state index in [0.717, 1.165) is 25.1 Å². The van der Waals surface area contributed by atoms with Crippen molar-refractivity contribution in [3.05, 3.63) is 41.4 Å². The summed E-state index contributed by atoms with van der Waals surface area (Å²) in [4.78, 5) is 25.9. The Hall–Kier alpha value is -2.93. The van der Waals surface area contributed by atoms with Crippen LogP contribution >= 0.6 is 11.6 Å². The number of benzene rings is 2. The summed E-state index contributed by atoms with van der Waals surface area (Å²) in [6, 6.07) is 10.7. The quantitative estimate of drug-likeness (QED) is 0.778. The van der Waals surface area contributed by atoms with Gasteiger partial charge in [-0.15, -0.1) is 0 Å². The number of nitrogens with one attached hydrogen (secondary N) is 2. The summed E-state index contributed by atoms with van der Waals surface area (Å²) in [6.45, 7) is 1.95. The fraction of sp³-hybridized carbons (Fsp3) is 0.333. The lowest BCUT2D eigenvalue weighted by molar-refractivity contribution is -0.117. The SMILES string of the molecule is O=C(CNc1cc2c(cc1Cl)OCCCO2)Nc1ccc(N2CCCC2=O)cc1. The highest BCUT2D eigenvalue weighted by atomic mass is 35.5. The molecule has 0 spiro atoms. The third-order valence-corrected chi connectivity index (χ3v) is 5.13. The molecule has 152 valence electrons. The van der Waals surface area contributed by atoms with E-state index in [9.17, 15) is 9.59 Å². The molecule has 2 N–H and O–H groups in total. The largest absolute Gasteiger partial charge is 0.490 e. The van der Waals surface area contributed by atoms with E-state index < -0.39 is 0 Å². The Morgan fingerprint density at radius 3 is 2.48 bits per heavy atom. The molecule has 0 aliphatic carbocycles. The molecule has 2 aliphatic heterocycles. The normalized spacial score (nSPS) is 15.8. The highest BCUT2D eigenvalue weighted by Crippen LogP contribution is 2.37. The first kappa shape index (κ1) is 19.4. The van der Waals surface area contributed by atoms with Gasteiger partial charge in [-0.3, -0.25) is 9.59 Å². The number of carbonyl (C=O) groups is 2. The summed E-state index contributed by atoms with van der Waals surface area (Å²) in [6.07, 6.45) is 2.28. The zero-order chi connectivity index (χ0) is 20.2. The topological polar surface area (TPSA) is 79.9 Å². The van der Waals surface area contributed by atoms with Crippen LogP contribution in [0.4, 0.5) is 17.1 Å². The minimum atomic E-state index is -0.210. The second-order valence-electron chi connectivity index (χ2n) is 6.93. The van der Waals surface area contributed by atoms with Crippen LogP contribution in [0.25, 0.3) is 0 Å². The van der Waals surface area contributed by atoms with E-state index in [2.05, 4.69) is 10.6 Å². The fourth-order valence-electron chi connectivity index (χ4n) is 3.35. The third-order valence-electron chi connectivity index (χ3n) is 4.81. The van der Waals surface area contributed by atoms with Crippen molar-refractivity contribution in [2.75, 3.05) is 41.8 Å². The van der Waals surface area contributed by atoms with Gasteiger partial charge in [0.25, 0.3) is 0 Å². The van der Waals surface area contributed by atoms with Gasteiger partial charge in [0.1, 0.15) is 0 Å². The van der Waals surface area contributed by atoms with E-state index in [0.29, 0.717) is 47.5 Å². The van der Waals surface area contributed by atoms with Gasteiger partial charge < -0.3 is 25.0 Å². The number of fused-ring (bicyclic) bond motifs is 1. The zero-order valence-electron chi connectivity index (χ0n) is 15.9. The molecular formula is C21H22ClN3O4. The second-order valence-corrected chi connectivity index (χ2v) is 7.33. The first-order chi connectivity index (χ1) is 14.1. The van der Waals surface area contributed by atoms with Crippen LogP contribution in [0.15, 0.2) is 36.4 Å². The van der Waals surface area contributed by atoms with E-state index in [4.69, 9.17) is 21.1 Å². The van der Waals surface area contributed by atoms with Crippen molar-refractivity contribution in [1.82, 2.24) is 0 Å². The molecule has 0 bridgehead atoms. The monoisotopic (exact) mass is 415 g/mol. The lowest BCUT2D eigenvalue weighted by atomic mass is 10.2. The summed E-state index contributed by atoms with van der Waals surface area (Å²) in [5.74, 6) is 1.15. The number of carbonyl (C=O) groups excluding carboxylic acids is 2. The molecule has 2 aromatic rings. The van der Waals surface area contributed by atoms with Crippen LogP contribution in [0.5, 0.6) is 11.5 Å². The predicted molar refractivity (Wildman–Crippen MR) is 112 cm³/mol. The maximum absolute atomic E-state index is 12.3. The van der Waals surface area contributed by atoms with Crippen LogP contribution < -0.4 is 25.0 Å². The van der Waals surface area contributed by atoms with Crippen LogP contribution in [0, 0.1) is 0 Å². The Bertz CT molecular complexity index is 917. The second kappa shape index (κ2) is 8.61. The molecule has 0 saturated carbocycles. The van der Waals surface area contributed by atoms with Crippen LogP contribution in [0.1, 0.15) is 19.3 Å². The molecule has 8 heteroatoms. The van der Waals surface area contributed by atoms with Gasteiger partial charge in [-0.25, -0.2) is 0 Å². The van der Waals surface area contributed by atoms with E-state index >= 15 is 0 Å². The molecule has 2 aromatic carbocycles. The lowest BCUT2D eigenvalue weighted by Crippen LogP contribution is -2.24. The standard InChI is InChI=1S/C21H22ClN3O4/c22-16-11-18-19(29-10-2-9-28-18)12-17(16)23-13-20(26)24-14-4-6-15(7-5-14)25-8-1-3-21(25)27/h4-7,11-12,23H,1-3,8-10,13H2,(H,24,26). The van der Waals surface area contributed by atoms with Gasteiger partial charge in [0.05, 0.1) is 30.5 Å². The number of nitrogens with zero attached hydrogens (tertiary/aromatic N) is 1. The first-order valence-electron chi connectivity index (χ1n) is 9.63. The van der Waals surface area contributed by atoms with Crippen molar-refractivity contribution in [3.63, 3.8) is 0 Å². The van der Waals surface area contributed by atoms with Crippen LogP contribution in [0.3, 0.4) is 0 Å². The molecule has 0 aromatic heterocycles. The molecule has 7 nitrogen and oxygen atoms in total. The Balaban J connectivity index is 1.34. The molecule has 1 fully saturated rings. The Labute approximate surface area is 173 Å². The summed E-state index contributed by atoms with van der Waals surface area (Å²) in [5.41, 5.74) is 2.12. The number of halogens is 1. The number of rotatable bonds is 5. The number of anilines is 3. The number of hydrogen-bond acceptors (Lipinski definition) is 5. The van der Waals surface area contributed by atoms with Gasteiger partial charge in [0.15, 0.2) is 11.5 Å². The van der Waals surface area contributed by atoms with Crippen molar-refractivity contribution in [2.24, 2.45) is 0 Å². The number of ether oxygens (including phenoxy) is 2. The average Bonchev–Trinajstić information content (AvgIpc) is 3.01. The maximum atomic E-state index is 12.3. The molecule has 29 heavy (non-hydrogen) atoms. The van der Waals surface area contributed by atoms with Gasteiger partial charge in [-0.2, -0.15) is 0 Å². The zero-order valence-corrected chi connectivity index (χ0v) is 16.6. The van der Waals surface area contributed by atoms with Gasteiger partial charge in [-0.05, 0) is 30.7 Å². The maximum Gasteiger partial charge on any atom is 0.243 e. The summed E-state index contributed by atoms with van der Waals surface area (Å²) >= 11 is 6.29. The smallest absolute Gasteiger partial charge is 0.243 e. The number of hydrogen-bond donors (Lipinski definition) is 2. The van der Waals surface area contributed by atoms with Gasteiger partial charge >= 0.3 is 0 Å². The highest BCUT2D eigenvalue weighted by Gasteiger charge is 2.21. The highest BCUT2D eigenvalue weighted by molar-refractivity contribution is 6.33. The summed E-state index contributed by atoms with van der Waals surface area (Å²) in [7, 11) is 0. The molecule has 0 radical (unpaired) electrons. The molecule has 4 rings (SSSR count). The van der Waals surface area contributed by atoms with Gasteiger partial charge in [0.2, 0.25) is 11.8 Å². The van der Waals surface area contributed by atoms with Crippen LogP contribution in [0.2, 0.25) is 5.02 Å². The Morgan fingerprint density at radius 1 is 1.07 bits per heavy atom. The van der Waals surface area contributed by atoms with Crippen molar-refractivity contribution >= 4 is 40.5 Å². The minimum absolute atomic E-state index is 0.0473. The van der Waals surface area contributed by atoms with Crippen molar-refractivity contribution < 1.29 is 19.1 Å². The van der Waals surface area contributed by atoms with Crippen molar-refractivity contribution in [3.8, 4) is 11.5 Å². The lowest BCUT2D eigenvalue weighted by Gasteiger charge is -2.16. The van der Waals surface area contributed by atoms with E-state index in [-0.39, 0.29) is 18.4 Å². The van der Waals surface area contributed by atoms with E-state index in [1.807, 2.05) is 12.1 Å². The molecule has 1 saturated heterocycles. The molecule has 2 heterocycles. The number of amides is 2. The van der Waals surface area contributed by atoms with Crippen molar-refractivity contribution in [2.45, 2.75) is 19.3 Å².